The Labute approximate surface area is 161 Å². The van der Waals surface area contributed by atoms with Gasteiger partial charge >= 0.3 is 6.18 Å². The molecule has 1 aromatic heterocycles. The minimum atomic E-state index is -4.66. The highest BCUT2D eigenvalue weighted by molar-refractivity contribution is 9.10. The number of hydrogen-bond donors (Lipinski definition) is 0. The van der Waals surface area contributed by atoms with Crippen molar-refractivity contribution >= 4 is 39.1 Å². The molecule has 25 heavy (non-hydrogen) atoms. The van der Waals surface area contributed by atoms with Gasteiger partial charge in [-0.25, -0.2) is 0 Å². The van der Waals surface area contributed by atoms with Crippen LogP contribution < -0.4 is 0 Å². The standard InChI is InChI=1S/C16H12BrCl2F3N2O/c17-13-12(8-23)14(10-2-4-11(19)5-3-10)24(9-25-7-1-6-18)15(13)16(20,21)22/h2-5H,1,6-7,9H2. The number of rotatable bonds is 6. The maximum absolute atomic E-state index is 13.5. The first kappa shape index (κ1) is 20.1. The number of alkyl halides is 4. The molecular formula is C16H12BrCl2F3N2O. The third-order valence-electron chi connectivity index (χ3n) is 3.34. The highest BCUT2D eigenvalue weighted by Crippen LogP contribution is 2.43. The summed E-state index contributed by atoms with van der Waals surface area (Å²) in [4.78, 5) is 0. The summed E-state index contributed by atoms with van der Waals surface area (Å²) in [6.45, 7) is -0.150. The Balaban J connectivity index is 2.62. The maximum Gasteiger partial charge on any atom is 0.432 e. The quantitative estimate of drug-likeness (QED) is 0.392. The molecule has 1 aromatic carbocycles. The van der Waals surface area contributed by atoms with Gasteiger partial charge in [-0.3, -0.25) is 0 Å². The van der Waals surface area contributed by atoms with Crippen LogP contribution in [0.5, 0.6) is 0 Å². The lowest BCUT2D eigenvalue weighted by Crippen LogP contribution is -2.17. The molecule has 0 bridgehead atoms. The molecule has 1 heterocycles. The number of ether oxygens (including phenoxy) is 1. The minimum Gasteiger partial charge on any atom is -0.361 e. The van der Waals surface area contributed by atoms with E-state index in [1.807, 2.05) is 6.07 Å². The Hall–Kier alpha value is -1.20. The highest BCUT2D eigenvalue weighted by Gasteiger charge is 2.40. The minimum absolute atomic E-state index is 0.115. The van der Waals surface area contributed by atoms with Gasteiger partial charge in [-0.2, -0.15) is 18.4 Å². The van der Waals surface area contributed by atoms with Gasteiger partial charge in [0.05, 0.1) is 22.3 Å². The van der Waals surface area contributed by atoms with Crippen LogP contribution >= 0.6 is 39.1 Å². The average molecular weight is 456 g/mol. The van der Waals surface area contributed by atoms with Gasteiger partial charge < -0.3 is 9.30 Å². The van der Waals surface area contributed by atoms with E-state index in [0.29, 0.717) is 22.9 Å². The van der Waals surface area contributed by atoms with E-state index in [1.165, 1.54) is 0 Å². The van der Waals surface area contributed by atoms with Crippen molar-refractivity contribution in [2.75, 3.05) is 12.5 Å². The molecule has 0 saturated heterocycles. The van der Waals surface area contributed by atoms with Gasteiger partial charge in [-0.05, 0) is 40.0 Å². The zero-order valence-electron chi connectivity index (χ0n) is 12.7. The lowest BCUT2D eigenvalue weighted by atomic mass is 10.1. The van der Waals surface area contributed by atoms with Gasteiger partial charge in [-0.15, -0.1) is 11.6 Å². The van der Waals surface area contributed by atoms with Gasteiger partial charge in [0.1, 0.15) is 18.5 Å². The van der Waals surface area contributed by atoms with Crippen LogP contribution in [0.2, 0.25) is 5.02 Å². The first-order valence-electron chi connectivity index (χ1n) is 7.10. The van der Waals surface area contributed by atoms with E-state index in [1.54, 1.807) is 24.3 Å². The van der Waals surface area contributed by atoms with Crippen molar-refractivity contribution < 1.29 is 17.9 Å². The molecule has 0 radical (unpaired) electrons. The van der Waals surface area contributed by atoms with Gasteiger partial charge in [0, 0.05) is 10.9 Å². The zero-order chi connectivity index (χ0) is 18.6. The molecule has 0 unspecified atom stereocenters. The van der Waals surface area contributed by atoms with Crippen molar-refractivity contribution in [2.45, 2.75) is 19.3 Å². The summed E-state index contributed by atoms with van der Waals surface area (Å²) in [7, 11) is 0. The fourth-order valence-corrected chi connectivity index (χ4v) is 3.27. The van der Waals surface area contributed by atoms with Crippen LogP contribution in [0.1, 0.15) is 17.7 Å². The average Bonchev–Trinajstić information content (AvgIpc) is 2.84. The molecule has 0 N–H and O–H groups in total. The lowest BCUT2D eigenvalue weighted by Gasteiger charge is -2.16. The number of halogens is 6. The summed E-state index contributed by atoms with van der Waals surface area (Å²) in [6.07, 6.45) is -4.16. The van der Waals surface area contributed by atoms with Crippen molar-refractivity contribution in [1.29, 1.82) is 5.26 Å². The predicted octanol–water partition coefficient (Wildman–Crippen LogP) is 6.06. The van der Waals surface area contributed by atoms with Crippen molar-refractivity contribution in [3.05, 3.63) is 45.0 Å². The molecule has 0 aliphatic rings. The molecule has 9 heteroatoms. The second-order valence-electron chi connectivity index (χ2n) is 5.01. The third kappa shape index (κ3) is 4.50. The molecule has 3 nitrogen and oxygen atoms in total. The van der Waals surface area contributed by atoms with Gasteiger partial charge in [-0.1, -0.05) is 23.7 Å². The Kier molecular flexibility index (Phi) is 6.80. The topological polar surface area (TPSA) is 38.0 Å². The molecule has 0 spiro atoms. The van der Waals surface area contributed by atoms with Crippen LogP contribution in [-0.2, 0) is 17.6 Å². The summed E-state index contributed by atoms with van der Waals surface area (Å²) in [5, 5.41) is 9.82. The number of nitrogens with zero attached hydrogens (tertiary/aromatic N) is 2. The monoisotopic (exact) mass is 454 g/mol. The van der Waals surface area contributed by atoms with Gasteiger partial charge in [0.2, 0.25) is 0 Å². The molecule has 0 fully saturated rings. The van der Waals surface area contributed by atoms with Gasteiger partial charge in [0.25, 0.3) is 0 Å². The van der Waals surface area contributed by atoms with E-state index < -0.39 is 11.9 Å². The largest absolute Gasteiger partial charge is 0.432 e. The van der Waals surface area contributed by atoms with E-state index in [9.17, 15) is 18.4 Å². The first-order chi connectivity index (χ1) is 11.8. The second kappa shape index (κ2) is 8.45. The summed E-state index contributed by atoms with van der Waals surface area (Å²) in [6, 6.07) is 8.04. The van der Waals surface area contributed by atoms with E-state index in [4.69, 9.17) is 27.9 Å². The number of benzene rings is 1. The fraction of sp³-hybridized carbons (Fsp3) is 0.312. The fourth-order valence-electron chi connectivity index (χ4n) is 2.32. The zero-order valence-corrected chi connectivity index (χ0v) is 15.8. The Morgan fingerprint density at radius 3 is 2.40 bits per heavy atom. The molecule has 134 valence electrons. The number of nitriles is 1. The van der Waals surface area contributed by atoms with E-state index in [0.717, 1.165) is 4.57 Å². The smallest absolute Gasteiger partial charge is 0.361 e. The predicted molar refractivity (Wildman–Crippen MR) is 93.6 cm³/mol. The summed E-state index contributed by atoms with van der Waals surface area (Å²) < 4.78 is 46.6. The summed E-state index contributed by atoms with van der Waals surface area (Å²) in [5.74, 6) is 0.342. The number of hydrogen-bond acceptors (Lipinski definition) is 2. The molecule has 2 aromatic rings. The molecule has 0 saturated carbocycles. The van der Waals surface area contributed by atoms with Gasteiger partial charge in [0.15, 0.2) is 0 Å². The van der Waals surface area contributed by atoms with Crippen LogP contribution in [0.25, 0.3) is 11.3 Å². The Morgan fingerprint density at radius 1 is 1.24 bits per heavy atom. The molecule has 0 atom stereocenters. The Bertz CT molecular complexity index is 783. The van der Waals surface area contributed by atoms with E-state index in [-0.39, 0.29) is 29.1 Å². The van der Waals surface area contributed by atoms with E-state index in [2.05, 4.69) is 15.9 Å². The maximum atomic E-state index is 13.5. The molecule has 0 amide bonds. The van der Waals surface area contributed by atoms with Crippen LogP contribution in [0, 0.1) is 11.3 Å². The first-order valence-corrected chi connectivity index (χ1v) is 8.80. The molecular weight excluding hydrogens is 444 g/mol. The number of aromatic nitrogens is 1. The highest BCUT2D eigenvalue weighted by atomic mass is 79.9. The molecule has 0 aliphatic heterocycles. The van der Waals surface area contributed by atoms with Crippen molar-refractivity contribution in [3.63, 3.8) is 0 Å². The summed E-state index contributed by atoms with van der Waals surface area (Å²) >= 11 is 14.3. The van der Waals surface area contributed by atoms with Crippen LogP contribution in [0.3, 0.4) is 0 Å². The third-order valence-corrected chi connectivity index (χ3v) is 4.64. The van der Waals surface area contributed by atoms with Crippen LogP contribution in [0.4, 0.5) is 13.2 Å². The lowest BCUT2D eigenvalue weighted by molar-refractivity contribution is -0.146. The Morgan fingerprint density at radius 2 is 1.88 bits per heavy atom. The molecule has 0 aliphatic carbocycles. The normalized spacial score (nSPS) is 11.6. The second-order valence-corrected chi connectivity index (χ2v) is 6.62. The van der Waals surface area contributed by atoms with Crippen LogP contribution in [-0.4, -0.2) is 17.1 Å². The SMILES string of the molecule is N#Cc1c(Br)c(C(F)(F)F)n(COCCCCl)c1-c1ccc(Cl)cc1. The molecule has 2 rings (SSSR count). The summed E-state index contributed by atoms with van der Waals surface area (Å²) in [5.41, 5.74) is -0.544. The van der Waals surface area contributed by atoms with Crippen molar-refractivity contribution in [3.8, 4) is 17.3 Å². The van der Waals surface area contributed by atoms with Crippen LogP contribution in [0.15, 0.2) is 28.7 Å². The van der Waals surface area contributed by atoms with Crippen molar-refractivity contribution in [1.82, 2.24) is 4.57 Å². The van der Waals surface area contributed by atoms with E-state index >= 15 is 0 Å². The van der Waals surface area contributed by atoms with Crippen molar-refractivity contribution in [2.24, 2.45) is 0 Å².